The van der Waals surface area contributed by atoms with Gasteiger partial charge in [-0.05, 0) is 55.3 Å². The number of halogens is 3. The minimum Gasteiger partial charge on any atom is -1.00 e. The number of sulfonamides is 1. The lowest BCUT2D eigenvalue weighted by Gasteiger charge is -2.46. The Morgan fingerprint density at radius 3 is 2.25 bits per heavy atom. The smallest absolute Gasteiger partial charge is 0.253 e. The van der Waals surface area contributed by atoms with Gasteiger partial charge in [0.05, 0.1) is 48.7 Å². The number of hydrogen-bond donors (Lipinski definition) is 0. The molecule has 1 unspecified atom stereocenters. The van der Waals surface area contributed by atoms with E-state index in [1.807, 2.05) is 74.3 Å². The van der Waals surface area contributed by atoms with Gasteiger partial charge in [-0.25, -0.2) is 8.42 Å². The van der Waals surface area contributed by atoms with E-state index in [1.54, 1.807) is 4.31 Å². The highest BCUT2D eigenvalue weighted by molar-refractivity contribution is 7.92. The van der Waals surface area contributed by atoms with Crippen molar-refractivity contribution in [2.75, 3.05) is 57.4 Å². The fraction of sp³-hybridized carbons (Fsp3) is 0.441. The summed E-state index contributed by atoms with van der Waals surface area (Å²) in [6.45, 7) is 7.95. The van der Waals surface area contributed by atoms with E-state index in [2.05, 4.69) is 19.2 Å². The molecule has 1 atom stereocenters. The van der Waals surface area contributed by atoms with Gasteiger partial charge in [-0.2, -0.15) is 0 Å². The van der Waals surface area contributed by atoms with Crippen LogP contribution in [0.5, 0.6) is 0 Å². The molecule has 0 bridgehead atoms. The number of fused-ring (bicyclic) bond motifs is 2. The number of quaternary nitrogens is 1. The van der Waals surface area contributed by atoms with Gasteiger partial charge in [-0.15, -0.1) is 0 Å². The minimum absolute atomic E-state index is 0. The van der Waals surface area contributed by atoms with Crippen LogP contribution in [0, 0.1) is 13.8 Å². The van der Waals surface area contributed by atoms with Gasteiger partial charge in [0.2, 0.25) is 10.0 Å². The zero-order valence-corrected chi connectivity index (χ0v) is 30.6. The third kappa shape index (κ3) is 7.41. The van der Waals surface area contributed by atoms with E-state index < -0.39 is 10.0 Å². The van der Waals surface area contributed by atoms with Crippen LogP contribution in [-0.2, 0) is 15.4 Å². The molecule has 1 amide bonds. The number of anilines is 1. The lowest BCUT2D eigenvalue weighted by Crippen LogP contribution is -3.00. The lowest BCUT2D eigenvalue weighted by atomic mass is 9.73. The fourth-order valence-electron chi connectivity index (χ4n) is 7.07. The fourth-order valence-corrected chi connectivity index (χ4v) is 8.37. The average molecular weight is 771 g/mol. The summed E-state index contributed by atoms with van der Waals surface area (Å²) in [6, 6.07) is 19.7. The molecule has 0 N–H and O–H groups in total. The molecule has 5 rings (SSSR count). The van der Waals surface area contributed by atoms with Gasteiger partial charge in [0.25, 0.3) is 5.91 Å². The molecule has 238 valence electrons. The van der Waals surface area contributed by atoms with Crippen molar-refractivity contribution in [2.24, 2.45) is 0 Å². The van der Waals surface area contributed by atoms with E-state index in [9.17, 15) is 13.2 Å². The highest BCUT2D eigenvalue weighted by Crippen LogP contribution is 2.48. The number of piperidine rings is 1. The Morgan fingerprint density at radius 1 is 1.00 bits per heavy atom. The van der Waals surface area contributed by atoms with Crippen molar-refractivity contribution in [1.82, 2.24) is 4.90 Å². The Bertz CT molecular complexity index is 1620. The summed E-state index contributed by atoms with van der Waals surface area (Å²) >= 11 is 12.7. The maximum Gasteiger partial charge on any atom is 0.253 e. The Kier molecular flexibility index (Phi) is 10.7. The summed E-state index contributed by atoms with van der Waals surface area (Å²) in [5.41, 5.74) is 5.75. The van der Waals surface area contributed by atoms with Crippen molar-refractivity contribution >= 4 is 44.8 Å². The number of nitrogens with zero attached hydrogens (tertiary/aromatic N) is 3. The van der Waals surface area contributed by atoms with E-state index in [0.717, 1.165) is 71.3 Å². The van der Waals surface area contributed by atoms with Crippen LogP contribution in [0.25, 0.3) is 0 Å². The van der Waals surface area contributed by atoms with Crippen molar-refractivity contribution in [1.29, 1.82) is 0 Å². The van der Waals surface area contributed by atoms with Crippen LogP contribution < -0.4 is 28.3 Å². The van der Waals surface area contributed by atoms with Crippen LogP contribution in [0.2, 0.25) is 10.0 Å². The van der Waals surface area contributed by atoms with E-state index in [0.29, 0.717) is 28.7 Å². The first-order valence-electron chi connectivity index (χ1n) is 14.9. The maximum absolute atomic E-state index is 13.5. The molecule has 10 heteroatoms. The van der Waals surface area contributed by atoms with E-state index in [4.69, 9.17) is 23.2 Å². The Labute approximate surface area is 290 Å². The summed E-state index contributed by atoms with van der Waals surface area (Å²) < 4.78 is 27.8. The number of aryl methyl sites for hydroxylation is 2. The number of likely N-dealkylation sites (tertiary alicyclic amines) is 1. The lowest BCUT2D eigenvalue weighted by molar-refractivity contribution is -0.915. The van der Waals surface area contributed by atoms with Crippen molar-refractivity contribution in [3.63, 3.8) is 0 Å². The second-order valence-corrected chi connectivity index (χ2v) is 15.8. The van der Waals surface area contributed by atoms with Crippen molar-refractivity contribution in [3.8, 4) is 0 Å². The largest absolute Gasteiger partial charge is 1.00 e. The topological polar surface area (TPSA) is 57.7 Å². The molecule has 2 aliphatic rings. The SMILES string of the molecule is Cc1cc(C)cc(C(=O)N(C)CC(CC[N+]2(C)CCC3(CC2)CN(S(C)(=O)=O)c2ccccc23)c2ccc(Cl)c(Cl)c2)c1.[I-]. The Hall–Kier alpha value is -1.85. The van der Waals surface area contributed by atoms with Crippen LogP contribution in [0.15, 0.2) is 60.7 Å². The molecular weight excluding hydrogens is 728 g/mol. The van der Waals surface area contributed by atoms with Crippen molar-refractivity contribution in [3.05, 3.63) is 98.5 Å². The molecule has 1 saturated heterocycles. The molecular formula is C34H42Cl2IN3O3S. The molecule has 0 radical (unpaired) electrons. The number of carbonyl (C=O) groups excluding carboxylic acids is 1. The number of para-hydroxylation sites is 1. The van der Waals surface area contributed by atoms with Crippen LogP contribution in [-0.4, -0.2) is 76.8 Å². The number of rotatable bonds is 8. The number of likely N-dealkylation sites (N-methyl/N-ethyl adjacent to an activating group) is 1. The predicted octanol–water partition coefficient (Wildman–Crippen LogP) is 3.82. The number of carbonyl (C=O) groups is 1. The van der Waals surface area contributed by atoms with Gasteiger partial charge in [0.15, 0.2) is 0 Å². The molecule has 0 aliphatic carbocycles. The van der Waals surface area contributed by atoms with Gasteiger partial charge in [-0.3, -0.25) is 9.10 Å². The van der Waals surface area contributed by atoms with Gasteiger partial charge in [0, 0.05) is 56.3 Å². The standard InChI is InChI=1S/C34H42Cl2N3O3S.HI/c1-24-18-25(2)20-28(19-24)33(40)37(3)22-27(26-10-11-30(35)31(36)21-26)12-15-39(4)16-13-34(14-17-39)23-38(43(5,41)42)32-9-7-6-8-29(32)34;/h6-11,18-21,27H,12-17,22-23H2,1-5H3;1H/q+1;/p-1. The monoisotopic (exact) mass is 769 g/mol. The molecule has 2 aliphatic heterocycles. The number of hydrogen-bond acceptors (Lipinski definition) is 3. The molecule has 0 aromatic heterocycles. The molecule has 0 saturated carbocycles. The first-order chi connectivity index (χ1) is 20.2. The van der Waals surface area contributed by atoms with E-state index in [1.165, 1.54) is 6.26 Å². The molecule has 3 aromatic carbocycles. The van der Waals surface area contributed by atoms with Crippen LogP contribution in [0.1, 0.15) is 57.8 Å². The van der Waals surface area contributed by atoms with Gasteiger partial charge in [0.1, 0.15) is 0 Å². The van der Waals surface area contributed by atoms with Crippen LogP contribution >= 0.6 is 23.2 Å². The molecule has 44 heavy (non-hydrogen) atoms. The normalized spacial score (nSPS) is 21.9. The number of amides is 1. The van der Waals surface area contributed by atoms with Gasteiger partial charge < -0.3 is 33.4 Å². The number of benzene rings is 3. The molecule has 3 aromatic rings. The first-order valence-corrected chi connectivity index (χ1v) is 17.5. The summed E-state index contributed by atoms with van der Waals surface area (Å²) in [5, 5.41) is 1.03. The average Bonchev–Trinajstić information content (AvgIpc) is 3.28. The molecule has 2 heterocycles. The zero-order valence-electron chi connectivity index (χ0n) is 26.1. The zero-order chi connectivity index (χ0) is 31.2. The van der Waals surface area contributed by atoms with Crippen molar-refractivity contribution < 1.29 is 41.7 Å². The third-order valence-corrected chi connectivity index (χ3v) is 11.5. The predicted molar refractivity (Wildman–Crippen MR) is 177 cm³/mol. The summed E-state index contributed by atoms with van der Waals surface area (Å²) in [4.78, 5) is 15.3. The summed E-state index contributed by atoms with van der Waals surface area (Å²) in [7, 11) is 0.829. The second-order valence-electron chi connectivity index (χ2n) is 13.1. The molecule has 1 spiro atoms. The van der Waals surface area contributed by atoms with Gasteiger partial charge >= 0.3 is 0 Å². The summed E-state index contributed by atoms with van der Waals surface area (Å²) in [5.74, 6) is 0.0842. The third-order valence-electron chi connectivity index (χ3n) is 9.59. The Balaban J connectivity index is 0.00000442. The Morgan fingerprint density at radius 2 is 1.64 bits per heavy atom. The molecule has 6 nitrogen and oxygen atoms in total. The minimum atomic E-state index is -3.35. The van der Waals surface area contributed by atoms with Crippen LogP contribution in [0.4, 0.5) is 5.69 Å². The molecule has 1 fully saturated rings. The van der Waals surface area contributed by atoms with Gasteiger partial charge in [-0.1, -0.05) is 64.7 Å². The summed E-state index contributed by atoms with van der Waals surface area (Å²) in [6.07, 6.45) is 4.03. The highest BCUT2D eigenvalue weighted by atomic mass is 127. The quantitative estimate of drug-likeness (QED) is 0.259. The van der Waals surface area contributed by atoms with Crippen molar-refractivity contribution in [2.45, 2.75) is 44.4 Å². The van der Waals surface area contributed by atoms with E-state index >= 15 is 0 Å². The maximum atomic E-state index is 13.5. The van der Waals surface area contributed by atoms with Crippen LogP contribution in [0.3, 0.4) is 0 Å². The second kappa shape index (κ2) is 13.5. The highest BCUT2D eigenvalue weighted by Gasteiger charge is 2.50. The van der Waals surface area contributed by atoms with E-state index in [-0.39, 0.29) is 41.2 Å². The first kappa shape index (κ1) is 35.0.